The summed E-state index contributed by atoms with van der Waals surface area (Å²) < 4.78 is 6.08. The molecule has 0 heterocycles. The van der Waals surface area contributed by atoms with Crippen LogP contribution in [0.5, 0.6) is 11.5 Å². The van der Waals surface area contributed by atoms with Crippen molar-refractivity contribution in [3.8, 4) is 11.5 Å². The minimum Gasteiger partial charge on any atom is -0.508 e. The number of aromatic hydroxyl groups is 1. The third-order valence-electron chi connectivity index (χ3n) is 5.74. The van der Waals surface area contributed by atoms with Crippen molar-refractivity contribution in [3.63, 3.8) is 0 Å². The molecule has 1 N–H and O–H groups in total. The van der Waals surface area contributed by atoms with Crippen molar-refractivity contribution in [2.45, 2.75) is 33.3 Å². The van der Waals surface area contributed by atoms with Crippen molar-refractivity contribution in [2.75, 3.05) is 0 Å². The zero-order valence-corrected chi connectivity index (χ0v) is 18.3. The Bertz CT molecular complexity index is 1180. The number of hydrogen-bond donors (Lipinski definition) is 1. The number of ether oxygens (including phenoxy) is 1. The highest BCUT2D eigenvalue weighted by molar-refractivity contribution is 5.51. The second-order valence-electron chi connectivity index (χ2n) is 8.18. The van der Waals surface area contributed by atoms with Crippen LogP contribution >= 0.6 is 0 Å². The number of rotatable bonds is 6. The van der Waals surface area contributed by atoms with Crippen molar-refractivity contribution in [3.05, 3.63) is 130 Å². The average molecular weight is 409 g/mol. The minimum atomic E-state index is 0.0904. The lowest BCUT2D eigenvalue weighted by atomic mass is 9.81. The SMILES string of the molecule is Cc1cccc(COc2ccc(C(c3ccccc3)c3ccc(O)cc3C)c(C)c2)c1. The fraction of sp³-hybridized carbons (Fsp3) is 0.172. The van der Waals surface area contributed by atoms with E-state index in [1.165, 1.54) is 33.4 Å². The maximum Gasteiger partial charge on any atom is 0.120 e. The van der Waals surface area contributed by atoms with Gasteiger partial charge in [0.2, 0.25) is 0 Å². The topological polar surface area (TPSA) is 29.5 Å². The number of aryl methyl sites for hydroxylation is 3. The highest BCUT2D eigenvalue weighted by Gasteiger charge is 2.21. The van der Waals surface area contributed by atoms with Crippen molar-refractivity contribution in [2.24, 2.45) is 0 Å². The summed E-state index contributed by atoms with van der Waals surface area (Å²) in [6, 6.07) is 30.9. The Morgan fingerprint density at radius 3 is 2.10 bits per heavy atom. The Morgan fingerprint density at radius 2 is 1.42 bits per heavy atom. The van der Waals surface area contributed by atoms with Crippen molar-refractivity contribution in [1.82, 2.24) is 0 Å². The summed E-state index contributed by atoms with van der Waals surface area (Å²) in [6.07, 6.45) is 0. The second kappa shape index (κ2) is 9.09. The van der Waals surface area contributed by atoms with Gasteiger partial charge in [-0.3, -0.25) is 0 Å². The summed E-state index contributed by atoms with van der Waals surface area (Å²) in [4.78, 5) is 0. The van der Waals surface area contributed by atoms with Gasteiger partial charge in [-0.15, -0.1) is 0 Å². The van der Waals surface area contributed by atoms with Crippen LogP contribution in [0.1, 0.15) is 44.9 Å². The van der Waals surface area contributed by atoms with Gasteiger partial charge in [0.1, 0.15) is 18.1 Å². The third kappa shape index (κ3) is 4.80. The predicted molar refractivity (Wildman–Crippen MR) is 127 cm³/mol. The number of hydrogen-bond acceptors (Lipinski definition) is 2. The molecular formula is C29H28O2. The van der Waals surface area contributed by atoms with E-state index in [1.54, 1.807) is 6.07 Å². The van der Waals surface area contributed by atoms with E-state index in [1.807, 2.05) is 18.2 Å². The molecule has 0 saturated heterocycles. The summed E-state index contributed by atoms with van der Waals surface area (Å²) in [5.41, 5.74) is 8.33. The van der Waals surface area contributed by atoms with Crippen molar-refractivity contribution < 1.29 is 9.84 Å². The summed E-state index contributed by atoms with van der Waals surface area (Å²) >= 11 is 0. The van der Waals surface area contributed by atoms with Crippen LogP contribution < -0.4 is 4.74 Å². The van der Waals surface area contributed by atoms with Crippen LogP contribution in [0.3, 0.4) is 0 Å². The molecule has 0 aliphatic rings. The van der Waals surface area contributed by atoms with Gasteiger partial charge in [0, 0.05) is 5.92 Å². The maximum absolute atomic E-state index is 9.91. The monoisotopic (exact) mass is 408 g/mol. The third-order valence-corrected chi connectivity index (χ3v) is 5.74. The first kappa shape index (κ1) is 20.7. The van der Waals surface area contributed by atoms with Gasteiger partial charge >= 0.3 is 0 Å². The summed E-state index contributed by atoms with van der Waals surface area (Å²) in [7, 11) is 0. The molecule has 4 aromatic rings. The van der Waals surface area contributed by atoms with Crippen molar-refractivity contribution in [1.29, 1.82) is 0 Å². The van der Waals surface area contributed by atoms with E-state index in [0.29, 0.717) is 12.4 Å². The molecule has 0 fully saturated rings. The number of benzene rings is 4. The zero-order chi connectivity index (χ0) is 21.8. The van der Waals surface area contributed by atoms with Crippen LogP contribution in [0.25, 0.3) is 0 Å². The first-order valence-corrected chi connectivity index (χ1v) is 10.6. The molecule has 0 bridgehead atoms. The van der Waals surface area contributed by atoms with Gasteiger partial charge < -0.3 is 9.84 Å². The van der Waals surface area contributed by atoms with Crippen LogP contribution in [0, 0.1) is 20.8 Å². The summed E-state index contributed by atoms with van der Waals surface area (Å²) in [5.74, 6) is 1.26. The second-order valence-corrected chi connectivity index (χ2v) is 8.18. The summed E-state index contributed by atoms with van der Waals surface area (Å²) in [6.45, 7) is 6.84. The van der Waals surface area contributed by atoms with Gasteiger partial charge in [-0.25, -0.2) is 0 Å². The zero-order valence-electron chi connectivity index (χ0n) is 18.3. The van der Waals surface area contributed by atoms with Gasteiger partial charge in [-0.1, -0.05) is 72.3 Å². The molecule has 31 heavy (non-hydrogen) atoms. The Kier molecular flexibility index (Phi) is 6.08. The molecule has 0 aliphatic carbocycles. The van der Waals surface area contributed by atoms with Gasteiger partial charge in [0.25, 0.3) is 0 Å². The van der Waals surface area contributed by atoms with Crippen LogP contribution in [0.4, 0.5) is 0 Å². The molecule has 2 nitrogen and oxygen atoms in total. The normalized spacial score (nSPS) is 11.8. The molecule has 1 atom stereocenters. The molecule has 156 valence electrons. The Hall–Kier alpha value is -3.52. The average Bonchev–Trinajstić information content (AvgIpc) is 2.76. The number of phenolic OH excluding ortho intramolecular Hbond substituents is 1. The van der Waals surface area contributed by atoms with Gasteiger partial charge in [-0.05, 0) is 78.4 Å². The molecule has 4 aromatic carbocycles. The fourth-order valence-electron chi connectivity index (χ4n) is 4.19. The molecule has 2 heteroatoms. The fourth-order valence-corrected chi connectivity index (χ4v) is 4.19. The van der Waals surface area contributed by atoms with E-state index in [2.05, 4.69) is 87.5 Å². The molecule has 0 aromatic heterocycles. The van der Waals surface area contributed by atoms with Gasteiger partial charge in [0.05, 0.1) is 0 Å². The Morgan fingerprint density at radius 1 is 0.710 bits per heavy atom. The molecular weight excluding hydrogens is 380 g/mol. The molecule has 0 amide bonds. The van der Waals surface area contributed by atoms with Crippen LogP contribution in [0.15, 0.2) is 91.0 Å². The molecule has 4 rings (SSSR count). The van der Waals surface area contributed by atoms with Gasteiger partial charge in [-0.2, -0.15) is 0 Å². The first-order chi connectivity index (χ1) is 15.0. The predicted octanol–water partition coefficient (Wildman–Crippen LogP) is 7.08. The lowest BCUT2D eigenvalue weighted by Crippen LogP contribution is -2.07. The van der Waals surface area contributed by atoms with E-state index in [-0.39, 0.29) is 5.92 Å². The highest BCUT2D eigenvalue weighted by Crippen LogP contribution is 2.37. The summed E-state index contributed by atoms with van der Waals surface area (Å²) in [5, 5.41) is 9.91. The van der Waals surface area contributed by atoms with Crippen LogP contribution in [0.2, 0.25) is 0 Å². The van der Waals surface area contributed by atoms with E-state index in [0.717, 1.165) is 11.3 Å². The molecule has 0 spiro atoms. The van der Waals surface area contributed by atoms with Crippen molar-refractivity contribution >= 4 is 0 Å². The molecule has 0 aliphatic heterocycles. The molecule has 0 radical (unpaired) electrons. The standard InChI is InChI=1S/C29H28O2/c1-20-8-7-9-23(16-20)19-31-26-13-15-28(22(3)18-26)29(24-10-5-4-6-11-24)27-14-12-25(30)17-21(27)2/h4-18,29-30H,19H2,1-3H3. The highest BCUT2D eigenvalue weighted by atomic mass is 16.5. The number of phenols is 1. The Balaban J connectivity index is 1.67. The Labute approximate surface area is 184 Å². The van der Waals surface area contributed by atoms with Crippen LogP contribution in [-0.2, 0) is 6.61 Å². The van der Waals surface area contributed by atoms with E-state index >= 15 is 0 Å². The maximum atomic E-state index is 9.91. The van der Waals surface area contributed by atoms with E-state index in [9.17, 15) is 5.11 Å². The minimum absolute atomic E-state index is 0.0904. The largest absolute Gasteiger partial charge is 0.508 e. The molecule has 1 unspecified atom stereocenters. The molecule has 0 saturated carbocycles. The van der Waals surface area contributed by atoms with Crippen LogP contribution in [-0.4, -0.2) is 5.11 Å². The smallest absolute Gasteiger partial charge is 0.120 e. The van der Waals surface area contributed by atoms with E-state index in [4.69, 9.17) is 4.74 Å². The lowest BCUT2D eigenvalue weighted by Gasteiger charge is -2.23. The lowest BCUT2D eigenvalue weighted by molar-refractivity contribution is 0.306. The van der Waals surface area contributed by atoms with Gasteiger partial charge in [0.15, 0.2) is 0 Å². The first-order valence-electron chi connectivity index (χ1n) is 10.6. The quantitative estimate of drug-likeness (QED) is 0.346. The van der Waals surface area contributed by atoms with E-state index < -0.39 is 0 Å².